The number of benzene rings is 2. The molecule has 0 radical (unpaired) electrons. The van der Waals surface area contributed by atoms with Gasteiger partial charge < -0.3 is 20.9 Å². The number of nitrogens with one attached hydrogen (secondary N) is 3. The van der Waals surface area contributed by atoms with Gasteiger partial charge in [-0.2, -0.15) is 0 Å². The van der Waals surface area contributed by atoms with Gasteiger partial charge in [0, 0.05) is 42.3 Å². The first kappa shape index (κ1) is 23.9. The second kappa shape index (κ2) is 10.4. The number of carbonyl (C=O) groups is 2. The van der Waals surface area contributed by atoms with Crippen LogP contribution in [0.25, 0.3) is 0 Å². The van der Waals surface area contributed by atoms with Crippen LogP contribution in [0.1, 0.15) is 17.5 Å². The Labute approximate surface area is 215 Å². The van der Waals surface area contributed by atoms with Crippen LogP contribution < -0.4 is 20.9 Å². The van der Waals surface area contributed by atoms with Gasteiger partial charge in [-0.25, -0.2) is 15.0 Å². The molecule has 3 N–H and O–H groups in total. The van der Waals surface area contributed by atoms with E-state index >= 15 is 0 Å². The summed E-state index contributed by atoms with van der Waals surface area (Å²) in [7, 11) is 0. The molecule has 9 heteroatoms. The number of rotatable bonds is 7. The third-order valence-corrected chi connectivity index (χ3v) is 6.31. The average molecular weight is 494 g/mol. The van der Waals surface area contributed by atoms with Gasteiger partial charge in [0.2, 0.25) is 11.8 Å². The molecule has 1 aliphatic heterocycles. The van der Waals surface area contributed by atoms with Crippen LogP contribution in [-0.4, -0.2) is 33.3 Å². The zero-order valence-electron chi connectivity index (χ0n) is 20.6. The third kappa shape index (κ3) is 5.72. The molecule has 186 valence electrons. The van der Waals surface area contributed by atoms with Crippen molar-refractivity contribution >= 4 is 46.3 Å². The Kier molecular flexibility index (Phi) is 6.76. The van der Waals surface area contributed by atoms with Crippen LogP contribution in [-0.2, 0) is 9.59 Å². The zero-order chi connectivity index (χ0) is 25.8. The van der Waals surface area contributed by atoms with E-state index in [2.05, 4.69) is 30.9 Å². The lowest BCUT2D eigenvalue weighted by atomic mass is 10.1. The van der Waals surface area contributed by atoms with Crippen molar-refractivity contribution in [1.29, 1.82) is 0 Å². The number of nitrogens with zero attached hydrogens (tertiary/aromatic N) is 4. The molecule has 1 saturated heterocycles. The highest BCUT2D eigenvalue weighted by atomic mass is 16.2. The number of hydrogen-bond donors (Lipinski definition) is 3. The Hall–Kier alpha value is -4.79. The molecule has 2 aromatic carbocycles. The van der Waals surface area contributed by atoms with Gasteiger partial charge in [0.1, 0.15) is 23.8 Å². The smallest absolute Gasteiger partial charge is 0.229 e. The van der Waals surface area contributed by atoms with Crippen LogP contribution in [0, 0.1) is 19.8 Å². The number of pyridine rings is 1. The summed E-state index contributed by atoms with van der Waals surface area (Å²) in [4.78, 5) is 39.9. The average Bonchev–Trinajstić information content (AvgIpc) is 3.29. The van der Waals surface area contributed by atoms with E-state index in [0.717, 1.165) is 16.9 Å². The van der Waals surface area contributed by atoms with Gasteiger partial charge in [-0.15, -0.1) is 0 Å². The maximum atomic E-state index is 12.9. The molecule has 1 aliphatic rings. The van der Waals surface area contributed by atoms with Crippen LogP contribution >= 0.6 is 0 Å². The Balaban J connectivity index is 1.18. The normalized spacial score (nSPS) is 14.9. The monoisotopic (exact) mass is 493 g/mol. The predicted molar refractivity (Wildman–Crippen MR) is 144 cm³/mol. The number of aryl methyl sites for hydroxylation is 2. The van der Waals surface area contributed by atoms with E-state index in [1.165, 1.54) is 11.9 Å². The molecule has 0 spiro atoms. The minimum Gasteiger partial charge on any atom is -0.340 e. The summed E-state index contributed by atoms with van der Waals surface area (Å²) >= 11 is 0. The second-order valence-corrected chi connectivity index (χ2v) is 8.99. The Bertz CT molecular complexity index is 1420. The van der Waals surface area contributed by atoms with Gasteiger partial charge in [0.25, 0.3) is 0 Å². The van der Waals surface area contributed by atoms with E-state index in [1.807, 2.05) is 74.5 Å². The highest BCUT2D eigenvalue weighted by Crippen LogP contribution is 2.28. The molecule has 4 aromatic rings. The predicted octanol–water partition coefficient (Wildman–Crippen LogP) is 4.97. The SMILES string of the molecule is Cc1ccc(N2CC(C(=O)Nc3ccc(Nc4cc(Nc5ccccn5)ncn4)cc3)CC2=O)cc1C. The lowest BCUT2D eigenvalue weighted by molar-refractivity contribution is -0.122. The summed E-state index contributed by atoms with van der Waals surface area (Å²) < 4.78 is 0. The zero-order valence-corrected chi connectivity index (χ0v) is 20.6. The molecule has 1 fully saturated rings. The summed E-state index contributed by atoms with van der Waals surface area (Å²) in [5.41, 5.74) is 4.59. The van der Waals surface area contributed by atoms with Crippen molar-refractivity contribution in [2.45, 2.75) is 20.3 Å². The fraction of sp³-hybridized carbons (Fsp3) is 0.179. The lowest BCUT2D eigenvalue weighted by Crippen LogP contribution is -2.28. The molecule has 5 rings (SSSR count). The molecule has 2 aromatic heterocycles. The van der Waals surface area contributed by atoms with Crippen molar-refractivity contribution in [1.82, 2.24) is 15.0 Å². The Morgan fingerprint density at radius 1 is 0.838 bits per heavy atom. The standard InChI is InChI=1S/C28H27N7O2/c1-18-6-11-23(13-19(18)2)35-16-20(14-27(35)36)28(37)33-22-9-7-21(8-10-22)32-25-15-26(31-17-30-25)34-24-5-3-4-12-29-24/h3-13,15,17,20H,14,16H2,1-2H3,(H,33,37)(H2,29,30,31,32,34). The molecule has 0 saturated carbocycles. The number of hydrogen-bond acceptors (Lipinski definition) is 7. The second-order valence-electron chi connectivity index (χ2n) is 8.99. The van der Waals surface area contributed by atoms with E-state index in [9.17, 15) is 9.59 Å². The summed E-state index contributed by atoms with van der Waals surface area (Å²) in [6.07, 6.45) is 3.36. The maximum absolute atomic E-state index is 12.9. The highest BCUT2D eigenvalue weighted by Gasteiger charge is 2.35. The molecule has 9 nitrogen and oxygen atoms in total. The molecule has 3 heterocycles. The lowest BCUT2D eigenvalue weighted by Gasteiger charge is -2.18. The van der Waals surface area contributed by atoms with Crippen molar-refractivity contribution < 1.29 is 9.59 Å². The molecule has 1 atom stereocenters. The number of anilines is 6. The maximum Gasteiger partial charge on any atom is 0.229 e. The van der Waals surface area contributed by atoms with E-state index in [0.29, 0.717) is 29.7 Å². The van der Waals surface area contributed by atoms with Crippen molar-refractivity contribution in [3.8, 4) is 0 Å². The van der Waals surface area contributed by atoms with Gasteiger partial charge in [-0.3, -0.25) is 9.59 Å². The minimum absolute atomic E-state index is 0.0373. The molecule has 2 amide bonds. The van der Waals surface area contributed by atoms with Crippen LogP contribution in [0.2, 0.25) is 0 Å². The van der Waals surface area contributed by atoms with Crippen LogP contribution in [0.15, 0.2) is 79.3 Å². The summed E-state index contributed by atoms with van der Waals surface area (Å²) in [5.74, 6) is 1.31. The third-order valence-electron chi connectivity index (χ3n) is 6.31. The summed E-state index contributed by atoms with van der Waals surface area (Å²) in [6, 6.07) is 20.6. The van der Waals surface area contributed by atoms with Gasteiger partial charge in [-0.1, -0.05) is 12.1 Å². The number of carbonyl (C=O) groups excluding carboxylic acids is 2. The molecule has 37 heavy (non-hydrogen) atoms. The summed E-state index contributed by atoms with van der Waals surface area (Å²) in [6.45, 7) is 4.42. The Morgan fingerprint density at radius 2 is 1.59 bits per heavy atom. The van der Waals surface area contributed by atoms with Crippen LogP contribution in [0.3, 0.4) is 0 Å². The quantitative estimate of drug-likeness (QED) is 0.333. The van der Waals surface area contributed by atoms with Gasteiger partial charge in [-0.05, 0) is 73.5 Å². The van der Waals surface area contributed by atoms with Crippen molar-refractivity contribution in [2.75, 3.05) is 27.4 Å². The van der Waals surface area contributed by atoms with Crippen molar-refractivity contribution in [3.05, 3.63) is 90.4 Å². The number of aromatic nitrogens is 3. The van der Waals surface area contributed by atoms with E-state index in [1.54, 1.807) is 17.2 Å². The largest absolute Gasteiger partial charge is 0.340 e. The first-order valence-corrected chi connectivity index (χ1v) is 12.0. The Morgan fingerprint density at radius 3 is 2.32 bits per heavy atom. The van der Waals surface area contributed by atoms with Gasteiger partial charge >= 0.3 is 0 Å². The van der Waals surface area contributed by atoms with Crippen LogP contribution in [0.4, 0.5) is 34.5 Å². The highest BCUT2D eigenvalue weighted by molar-refractivity contribution is 6.03. The van der Waals surface area contributed by atoms with Crippen molar-refractivity contribution in [2.24, 2.45) is 5.92 Å². The first-order chi connectivity index (χ1) is 17.9. The van der Waals surface area contributed by atoms with Crippen LogP contribution in [0.5, 0.6) is 0 Å². The van der Waals surface area contributed by atoms with E-state index in [-0.39, 0.29) is 18.2 Å². The molecule has 0 aliphatic carbocycles. The first-order valence-electron chi connectivity index (χ1n) is 12.0. The molecular weight excluding hydrogens is 466 g/mol. The van der Waals surface area contributed by atoms with Gasteiger partial charge in [0.15, 0.2) is 0 Å². The van der Waals surface area contributed by atoms with E-state index < -0.39 is 5.92 Å². The van der Waals surface area contributed by atoms with E-state index in [4.69, 9.17) is 0 Å². The number of amides is 2. The fourth-order valence-electron chi connectivity index (χ4n) is 4.12. The summed E-state index contributed by atoms with van der Waals surface area (Å²) in [5, 5.41) is 9.30. The minimum atomic E-state index is -0.405. The fourth-order valence-corrected chi connectivity index (χ4v) is 4.12. The van der Waals surface area contributed by atoms with Crippen molar-refractivity contribution in [3.63, 3.8) is 0 Å². The topological polar surface area (TPSA) is 112 Å². The molecule has 1 unspecified atom stereocenters. The molecular formula is C28H27N7O2. The van der Waals surface area contributed by atoms with Gasteiger partial charge in [0.05, 0.1) is 5.92 Å². The molecule has 0 bridgehead atoms.